The topological polar surface area (TPSA) is 56.1 Å². The second kappa shape index (κ2) is 6.77. The van der Waals surface area contributed by atoms with Gasteiger partial charge in [-0.25, -0.2) is 4.68 Å². The van der Waals surface area contributed by atoms with Crippen molar-refractivity contribution in [3.05, 3.63) is 71.9 Å². The third-order valence-corrected chi connectivity index (χ3v) is 4.43. The van der Waals surface area contributed by atoms with Gasteiger partial charge in [0.05, 0.1) is 11.9 Å². The summed E-state index contributed by atoms with van der Waals surface area (Å²) >= 11 is 0. The molecule has 26 heavy (non-hydrogen) atoms. The normalized spacial score (nSPS) is 15.7. The summed E-state index contributed by atoms with van der Waals surface area (Å²) in [6, 6.07) is 17.4. The molecule has 3 aromatic rings. The molecule has 0 radical (unpaired) electrons. The number of ether oxygens (including phenoxy) is 1. The first-order valence-corrected chi connectivity index (χ1v) is 8.36. The third-order valence-electron chi connectivity index (χ3n) is 4.43. The fourth-order valence-electron chi connectivity index (χ4n) is 3.28. The number of rotatable bonds is 4. The van der Waals surface area contributed by atoms with Crippen molar-refractivity contribution >= 4 is 11.7 Å². The number of aromatic nitrogens is 2. The first kappa shape index (κ1) is 16.0. The number of nitrogens with zero attached hydrogens (tertiary/aromatic N) is 2. The van der Waals surface area contributed by atoms with Crippen LogP contribution in [0.2, 0.25) is 0 Å². The van der Waals surface area contributed by atoms with Crippen LogP contribution in [0.4, 0.5) is 5.82 Å². The fraction of sp³-hybridized carbons (Fsp3) is 0.143. The first-order chi connectivity index (χ1) is 12.8. The van der Waals surface area contributed by atoms with E-state index in [1.165, 1.54) is 0 Å². The van der Waals surface area contributed by atoms with Crippen molar-refractivity contribution in [2.75, 3.05) is 11.9 Å². The summed E-state index contributed by atoms with van der Waals surface area (Å²) in [5.41, 5.74) is 2.79. The smallest absolute Gasteiger partial charge is 0.226 e. The van der Waals surface area contributed by atoms with Gasteiger partial charge in [0.15, 0.2) is 0 Å². The quantitative estimate of drug-likeness (QED) is 0.739. The summed E-state index contributed by atoms with van der Waals surface area (Å²) in [6.07, 6.45) is 7.47. The Labute approximate surface area is 151 Å². The predicted octanol–water partition coefficient (Wildman–Crippen LogP) is 3.36. The minimum Gasteiger partial charge on any atom is -0.481 e. The molecule has 5 nitrogen and oxygen atoms in total. The number of para-hydroxylation sites is 2. The lowest BCUT2D eigenvalue weighted by Gasteiger charge is -2.25. The minimum atomic E-state index is -0.134. The molecule has 1 atom stereocenters. The lowest BCUT2D eigenvalue weighted by Crippen LogP contribution is -2.25. The second-order valence-corrected chi connectivity index (χ2v) is 6.03. The number of carbonyl (C=O) groups is 1. The summed E-state index contributed by atoms with van der Waals surface area (Å²) in [5.74, 6) is 3.69. The van der Waals surface area contributed by atoms with Crippen molar-refractivity contribution in [1.82, 2.24) is 9.78 Å². The van der Waals surface area contributed by atoms with Crippen molar-refractivity contribution in [2.45, 2.75) is 12.3 Å². The number of amides is 1. The molecule has 0 saturated heterocycles. The summed E-state index contributed by atoms with van der Waals surface area (Å²) in [5, 5.41) is 7.46. The van der Waals surface area contributed by atoms with Crippen molar-refractivity contribution in [3.8, 4) is 23.8 Å². The molecule has 5 heteroatoms. The van der Waals surface area contributed by atoms with Crippen LogP contribution in [-0.4, -0.2) is 22.3 Å². The lowest BCUT2D eigenvalue weighted by molar-refractivity contribution is -0.116. The Bertz CT molecular complexity index is 986. The van der Waals surface area contributed by atoms with Gasteiger partial charge >= 0.3 is 0 Å². The van der Waals surface area contributed by atoms with E-state index < -0.39 is 0 Å². The van der Waals surface area contributed by atoms with E-state index in [1.807, 2.05) is 60.8 Å². The molecule has 2 aromatic carbocycles. The molecule has 0 aliphatic carbocycles. The molecule has 128 valence electrons. The highest BCUT2D eigenvalue weighted by Crippen LogP contribution is 2.41. The molecule has 4 rings (SSSR count). The Morgan fingerprint density at radius 2 is 1.92 bits per heavy atom. The van der Waals surface area contributed by atoms with Crippen molar-refractivity contribution in [3.63, 3.8) is 0 Å². The van der Waals surface area contributed by atoms with E-state index in [1.54, 1.807) is 4.68 Å². The van der Waals surface area contributed by atoms with Crippen molar-refractivity contribution in [1.29, 1.82) is 0 Å². The zero-order valence-electron chi connectivity index (χ0n) is 14.1. The molecule has 0 saturated carbocycles. The highest BCUT2D eigenvalue weighted by atomic mass is 16.5. The number of anilines is 1. The molecule has 0 fully saturated rings. The van der Waals surface area contributed by atoms with Gasteiger partial charge in [0.25, 0.3) is 0 Å². The Kier molecular flexibility index (Phi) is 4.16. The summed E-state index contributed by atoms with van der Waals surface area (Å²) in [7, 11) is 0. The summed E-state index contributed by atoms with van der Waals surface area (Å²) in [4.78, 5) is 12.4. The first-order valence-electron chi connectivity index (χ1n) is 8.36. The largest absolute Gasteiger partial charge is 0.481 e. The number of benzene rings is 2. The molecule has 1 amide bonds. The van der Waals surface area contributed by atoms with Crippen LogP contribution >= 0.6 is 0 Å². The van der Waals surface area contributed by atoms with E-state index in [0.717, 1.165) is 16.8 Å². The van der Waals surface area contributed by atoms with Crippen molar-refractivity contribution in [2.24, 2.45) is 0 Å². The van der Waals surface area contributed by atoms with Crippen LogP contribution in [0.3, 0.4) is 0 Å². The van der Waals surface area contributed by atoms with Crippen LogP contribution in [-0.2, 0) is 4.79 Å². The maximum absolute atomic E-state index is 12.4. The van der Waals surface area contributed by atoms with Gasteiger partial charge in [-0.3, -0.25) is 4.79 Å². The Morgan fingerprint density at radius 3 is 2.73 bits per heavy atom. The van der Waals surface area contributed by atoms with Crippen LogP contribution in [0.1, 0.15) is 23.5 Å². The molecule has 0 unspecified atom stereocenters. The number of terminal acetylenes is 1. The monoisotopic (exact) mass is 343 g/mol. The standard InChI is InChI=1S/C21H17N3O2/c1-2-12-26-19-11-7-6-10-16(19)17-13-20(25)23-21-18(17)14-22-24(21)15-8-4-3-5-9-15/h1,3-11,14,17H,12-13H2,(H,23,25)/t17-/m0/s1. The Hall–Kier alpha value is -3.52. The van der Waals surface area contributed by atoms with Gasteiger partial charge < -0.3 is 10.1 Å². The number of hydrogen-bond donors (Lipinski definition) is 1. The number of fused-ring (bicyclic) bond motifs is 1. The van der Waals surface area contributed by atoms with Crippen LogP contribution in [0.5, 0.6) is 5.75 Å². The molecule has 0 bridgehead atoms. The van der Waals surface area contributed by atoms with Gasteiger partial charge in [-0.1, -0.05) is 42.3 Å². The third kappa shape index (κ3) is 2.82. The molecule has 1 aromatic heterocycles. The van der Waals surface area contributed by atoms with Crippen molar-refractivity contribution < 1.29 is 9.53 Å². The molecule has 0 spiro atoms. The summed E-state index contributed by atoms with van der Waals surface area (Å²) < 4.78 is 7.44. The lowest BCUT2D eigenvalue weighted by atomic mass is 9.87. The van der Waals surface area contributed by atoms with E-state index in [-0.39, 0.29) is 18.4 Å². The van der Waals surface area contributed by atoms with E-state index in [2.05, 4.69) is 16.3 Å². The molecule has 1 aliphatic heterocycles. The van der Waals surface area contributed by atoms with E-state index in [4.69, 9.17) is 11.2 Å². The zero-order valence-corrected chi connectivity index (χ0v) is 14.1. The average molecular weight is 343 g/mol. The number of nitrogens with one attached hydrogen (secondary N) is 1. The van der Waals surface area contributed by atoms with Crippen LogP contribution < -0.4 is 10.1 Å². The van der Waals surface area contributed by atoms with Gasteiger partial charge in [0, 0.05) is 23.5 Å². The van der Waals surface area contributed by atoms with Crippen LogP contribution in [0, 0.1) is 12.3 Å². The minimum absolute atomic E-state index is 0.0491. The van der Waals surface area contributed by atoms with Gasteiger partial charge in [0.1, 0.15) is 18.2 Å². The highest BCUT2D eigenvalue weighted by Gasteiger charge is 2.31. The molecule has 2 heterocycles. The fourth-order valence-corrected chi connectivity index (χ4v) is 3.28. The molecular weight excluding hydrogens is 326 g/mol. The van der Waals surface area contributed by atoms with Crippen LogP contribution in [0.25, 0.3) is 5.69 Å². The van der Waals surface area contributed by atoms with E-state index >= 15 is 0 Å². The summed E-state index contributed by atoms with van der Waals surface area (Å²) in [6.45, 7) is 0.187. The maximum atomic E-state index is 12.4. The Morgan fingerprint density at radius 1 is 1.15 bits per heavy atom. The predicted molar refractivity (Wildman–Crippen MR) is 99.4 cm³/mol. The van der Waals surface area contributed by atoms with E-state index in [0.29, 0.717) is 18.0 Å². The number of carbonyl (C=O) groups excluding carboxylic acids is 1. The maximum Gasteiger partial charge on any atom is 0.226 e. The second-order valence-electron chi connectivity index (χ2n) is 6.03. The van der Waals surface area contributed by atoms with Gasteiger partial charge in [-0.05, 0) is 18.2 Å². The van der Waals surface area contributed by atoms with Gasteiger partial charge in [-0.15, -0.1) is 6.42 Å². The van der Waals surface area contributed by atoms with E-state index in [9.17, 15) is 4.79 Å². The van der Waals surface area contributed by atoms with Gasteiger partial charge in [-0.2, -0.15) is 5.10 Å². The molecule has 1 aliphatic rings. The Balaban J connectivity index is 1.79. The van der Waals surface area contributed by atoms with Crippen LogP contribution in [0.15, 0.2) is 60.8 Å². The molecular formula is C21H17N3O2. The number of hydrogen-bond acceptors (Lipinski definition) is 3. The average Bonchev–Trinajstić information content (AvgIpc) is 3.10. The SMILES string of the molecule is C#CCOc1ccccc1[C@@H]1CC(=O)Nc2c1cnn2-c1ccccc1. The highest BCUT2D eigenvalue weighted by molar-refractivity contribution is 5.94. The zero-order chi connectivity index (χ0) is 17.9. The van der Waals surface area contributed by atoms with Gasteiger partial charge in [0.2, 0.25) is 5.91 Å². The molecule has 1 N–H and O–H groups in total.